The summed E-state index contributed by atoms with van der Waals surface area (Å²) >= 11 is 0. The predicted molar refractivity (Wildman–Crippen MR) is 80.4 cm³/mol. The van der Waals surface area contributed by atoms with Gasteiger partial charge in [0.05, 0.1) is 7.11 Å². The second-order valence-corrected chi connectivity index (χ2v) is 5.24. The summed E-state index contributed by atoms with van der Waals surface area (Å²) < 4.78 is 4.82. The van der Waals surface area contributed by atoms with Crippen LogP contribution in [0, 0.1) is 34.6 Å². The summed E-state index contributed by atoms with van der Waals surface area (Å²) in [5, 5.41) is 0. The van der Waals surface area contributed by atoms with E-state index in [-0.39, 0.29) is 5.97 Å². The summed E-state index contributed by atoms with van der Waals surface area (Å²) in [5.41, 5.74) is 9.31. The van der Waals surface area contributed by atoms with Crippen molar-refractivity contribution in [1.29, 1.82) is 0 Å². The minimum atomic E-state index is -0.257. The third kappa shape index (κ3) is 2.58. The molecule has 2 nitrogen and oxygen atoms in total. The molecule has 0 saturated carbocycles. The molecule has 0 aliphatic rings. The Morgan fingerprint density at radius 3 is 1.53 bits per heavy atom. The zero-order valence-electron chi connectivity index (χ0n) is 13.3. The van der Waals surface area contributed by atoms with Crippen molar-refractivity contribution in [2.24, 2.45) is 0 Å². The first kappa shape index (κ1) is 15.5. The molecule has 0 aliphatic heterocycles. The Balaban J connectivity index is 3.66. The molecule has 0 aliphatic carbocycles. The van der Waals surface area contributed by atoms with Gasteiger partial charge in [0.25, 0.3) is 0 Å². The van der Waals surface area contributed by atoms with Gasteiger partial charge in [-0.25, -0.2) is 4.79 Å². The van der Waals surface area contributed by atoms with E-state index in [1.54, 1.807) is 0 Å². The van der Waals surface area contributed by atoms with Gasteiger partial charge in [-0.05, 0) is 87.4 Å². The zero-order valence-corrected chi connectivity index (χ0v) is 13.3. The number of carbonyl (C=O) groups excluding carboxylic acids is 1. The molecule has 0 fully saturated rings. The average Bonchev–Trinajstić information content (AvgIpc) is 2.41. The molecule has 19 heavy (non-hydrogen) atoms. The number of methoxy groups -OCH3 is 1. The zero-order chi connectivity index (χ0) is 14.9. The maximum absolute atomic E-state index is 11.7. The van der Waals surface area contributed by atoms with E-state index in [1.165, 1.54) is 40.5 Å². The summed E-state index contributed by atoms with van der Waals surface area (Å²) in [7, 11) is 1.42. The average molecular weight is 260 g/mol. The van der Waals surface area contributed by atoms with Crippen molar-refractivity contribution in [3.63, 3.8) is 0 Å². The van der Waals surface area contributed by atoms with Crippen LogP contribution < -0.4 is 0 Å². The van der Waals surface area contributed by atoms with Gasteiger partial charge >= 0.3 is 5.97 Å². The van der Waals surface area contributed by atoms with Crippen LogP contribution in [0.25, 0.3) is 5.57 Å². The SMILES string of the molecule is COC(=O)/C(C)=C(\C)c1c(C)c(C)c(C)c(C)c1C. The van der Waals surface area contributed by atoms with Gasteiger partial charge in [0.15, 0.2) is 0 Å². The minimum Gasteiger partial charge on any atom is -0.466 e. The minimum absolute atomic E-state index is 0.257. The molecule has 2 heteroatoms. The van der Waals surface area contributed by atoms with Gasteiger partial charge in [0.1, 0.15) is 0 Å². The lowest BCUT2D eigenvalue weighted by Gasteiger charge is -2.20. The second kappa shape index (κ2) is 5.60. The van der Waals surface area contributed by atoms with Gasteiger partial charge < -0.3 is 4.74 Å². The van der Waals surface area contributed by atoms with Crippen molar-refractivity contribution in [1.82, 2.24) is 0 Å². The third-order valence-corrected chi connectivity index (χ3v) is 4.43. The highest BCUT2D eigenvalue weighted by molar-refractivity contribution is 5.97. The van der Waals surface area contributed by atoms with E-state index >= 15 is 0 Å². The van der Waals surface area contributed by atoms with E-state index in [0.29, 0.717) is 5.57 Å². The fourth-order valence-electron chi connectivity index (χ4n) is 2.56. The van der Waals surface area contributed by atoms with Gasteiger partial charge in [-0.3, -0.25) is 0 Å². The van der Waals surface area contributed by atoms with Gasteiger partial charge in [-0.15, -0.1) is 0 Å². The van der Waals surface area contributed by atoms with Gasteiger partial charge in [0, 0.05) is 5.57 Å². The van der Waals surface area contributed by atoms with Gasteiger partial charge in [0.2, 0.25) is 0 Å². The Kier molecular flexibility index (Phi) is 4.56. The van der Waals surface area contributed by atoms with Crippen molar-refractivity contribution in [2.75, 3.05) is 7.11 Å². The first-order valence-electron chi connectivity index (χ1n) is 6.57. The van der Waals surface area contributed by atoms with Crippen LogP contribution >= 0.6 is 0 Å². The van der Waals surface area contributed by atoms with Crippen LogP contribution in [0.4, 0.5) is 0 Å². The summed E-state index contributed by atoms with van der Waals surface area (Å²) in [4.78, 5) is 11.7. The fourth-order valence-corrected chi connectivity index (χ4v) is 2.56. The number of ether oxygens (including phenoxy) is 1. The standard InChI is InChI=1S/C17H24O2/c1-9-10(2)12(4)16(13(5)11(9)3)14(6)15(7)17(18)19-8/h1-8H3/b15-14+. The van der Waals surface area contributed by atoms with Gasteiger partial charge in [-0.1, -0.05) is 0 Å². The first-order chi connectivity index (χ1) is 8.73. The van der Waals surface area contributed by atoms with Crippen LogP contribution in [-0.4, -0.2) is 13.1 Å². The van der Waals surface area contributed by atoms with E-state index in [2.05, 4.69) is 34.6 Å². The molecule has 1 rings (SSSR count). The maximum atomic E-state index is 11.7. The molecule has 0 aromatic heterocycles. The molecule has 104 valence electrons. The van der Waals surface area contributed by atoms with Gasteiger partial charge in [-0.2, -0.15) is 0 Å². The van der Waals surface area contributed by atoms with Crippen molar-refractivity contribution in [3.8, 4) is 0 Å². The highest BCUT2D eigenvalue weighted by Gasteiger charge is 2.17. The number of carbonyl (C=O) groups is 1. The highest BCUT2D eigenvalue weighted by Crippen LogP contribution is 2.32. The number of allylic oxidation sites excluding steroid dienone is 1. The Labute approximate surface area is 116 Å². The monoisotopic (exact) mass is 260 g/mol. The molecular weight excluding hydrogens is 236 g/mol. The molecular formula is C17H24O2. The Morgan fingerprint density at radius 1 is 0.789 bits per heavy atom. The fraction of sp³-hybridized carbons (Fsp3) is 0.471. The summed E-state index contributed by atoms with van der Waals surface area (Å²) in [6.07, 6.45) is 0. The molecule has 0 heterocycles. The molecule has 0 N–H and O–H groups in total. The molecule has 1 aromatic carbocycles. The van der Waals surface area contributed by atoms with Crippen molar-refractivity contribution in [3.05, 3.63) is 39.0 Å². The normalized spacial score (nSPS) is 12.2. The first-order valence-corrected chi connectivity index (χ1v) is 6.57. The molecule has 0 bridgehead atoms. The molecule has 0 radical (unpaired) electrons. The lowest BCUT2D eigenvalue weighted by atomic mass is 9.85. The Hall–Kier alpha value is -1.57. The molecule has 1 aromatic rings. The predicted octanol–water partition coefficient (Wildman–Crippen LogP) is 4.20. The molecule has 0 saturated heterocycles. The summed E-state index contributed by atoms with van der Waals surface area (Å²) in [6.45, 7) is 14.5. The third-order valence-electron chi connectivity index (χ3n) is 4.43. The van der Waals surface area contributed by atoms with Crippen LogP contribution in [0.3, 0.4) is 0 Å². The lowest BCUT2D eigenvalue weighted by Crippen LogP contribution is -2.07. The number of hydrogen-bond acceptors (Lipinski definition) is 2. The number of benzene rings is 1. The van der Waals surface area contributed by atoms with E-state index in [1.807, 2.05) is 13.8 Å². The highest BCUT2D eigenvalue weighted by atomic mass is 16.5. The van der Waals surface area contributed by atoms with Crippen LogP contribution in [0.1, 0.15) is 47.2 Å². The number of esters is 1. The topological polar surface area (TPSA) is 26.3 Å². The molecule has 0 spiro atoms. The van der Waals surface area contributed by atoms with E-state index < -0.39 is 0 Å². The quantitative estimate of drug-likeness (QED) is 0.588. The largest absolute Gasteiger partial charge is 0.466 e. The smallest absolute Gasteiger partial charge is 0.333 e. The van der Waals surface area contributed by atoms with Crippen LogP contribution in [0.15, 0.2) is 5.57 Å². The Morgan fingerprint density at radius 2 is 1.16 bits per heavy atom. The van der Waals surface area contributed by atoms with Crippen molar-refractivity contribution < 1.29 is 9.53 Å². The molecule has 0 atom stereocenters. The maximum Gasteiger partial charge on any atom is 0.333 e. The van der Waals surface area contributed by atoms with Crippen LogP contribution in [-0.2, 0) is 9.53 Å². The second-order valence-electron chi connectivity index (χ2n) is 5.24. The van der Waals surface area contributed by atoms with Crippen molar-refractivity contribution in [2.45, 2.75) is 48.5 Å². The van der Waals surface area contributed by atoms with E-state index in [9.17, 15) is 4.79 Å². The Bertz CT molecular complexity index is 534. The number of hydrogen-bond donors (Lipinski definition) is 0. The van der Waals surface area contributed by atoms with Crippen LogP contribution in [0.5, 0.6) is 0 Å². The summed E-state index contributed by atoms with van der Waals surface area (Å²) in [5.74, 6) is -0.257. The lowest BCUT2D eigenvalue weighted by molar-refractivity contribution is -0.135. The molecule has 0 unspecified atom stereocenters. The summed E-state index contributed by atoms with van der Waals surface area (Å²) in [6, 6.07) is 0. The van der Waals surface area contributed by atoms with E-state index in [0.717, 1.165) is 5.57 Å². The van der Waals surface area contributed by atoms with Crippen molar-refractivity contribution >= 4 is 11.5 Å². The number of rotatable bonds is 2. The van der Waals surface area contributed by atoms with E-state index in [4.69, 9.17) is 4.74 Å². The molecule has 0 amide bonds. The van der Waals surface area contributed by atoms with Crippen LogP contribution in [0.2, 0.25) is 0 Å².